The van der Waals surface area contributed by atoms with Crippen LogP contribution >= 0.6 is 0 Å². The number of nitrogens with one attached hydrogen (secondary N) is 1. The maximum atomic E-state index is 12.4. The predicted molar refractivity (Wildman–Crippen MR) is 138 cm³/mol. The summed E-state index contributed by atoms with van der Waals surface area (Å²) in [5.74, 6) is 0.207. The van der Waals surface area contributed by atoms with Crippen molar-refractivity contribution in [3.05, 3.63) is 93.0 Å². The Kier molecular flexibility index (Phi) is 8.93. The van der Waals surface area contributed by atoms with Gasteiger partial charge in [0.1, 0.15) is 5.75 Å². The Balaban J connectivity index is 1.58. The summed E-state index contributed by atoms with van der Waals surface area (Å²) in [6.07, 6.45) is 1.41. The van der Waals surface area contributed by atoms with E-state index in [9.17, 15) is 19.7 Å². The summed E-state index contributed by atoms with van der Waals surface area (Å²) in [4.78, 5) is 34.8. The van der Waals surface area contributed by atoms with Gasteiger partial charge in [-0.3, -0.25) is 14.9 Å². The van der Waals surface area contributed by atoms with Crippen molar-refractivity contribution in [2.24, 2.45) is 5.10 Å². The van der Waals surface area contributed by atoms with Gasteiger partial charge >= 0.3 is 5.97 Å². The van der Waals surface area contributed by atoms with E-state index in [2.05, 4.69) is 24.4 Å². The third kappa shape index (κ3) is 7.38. The number of aryl methyl sites for hydroxylation is 1. The van der Waals surface area contributed by atoms with Crippen molar-refractivity contribution in [2.45, 2.75) is 26.7 Å². The van der Waals surface area contributed by atoms with Gasteiger partial charge in [-0.25, -0.2) is 10.2 Å². The summed E-state index contributed by atoms with van der Waals surface area (Å²) in [6.45, 7) is 5.87. The molecule has 0 saturated heterocycles. The van der Waals surface area contributed by atoms with Crippen molar-refractivity contribution < 1.29 is 28.7 Å². The summed E-state index contributed by atoms with van der Waals surface area (Å²) < 4.78 is 16.4. The van der Waals surface area contributed by atoms with Gasteiger partial charge in [0.25, 0.3) is 11.6 Å². The van der Waals surface area contributed by atoms with Crippen molar-refractivity contribution in [3.63, 3.8) is 0 Å². The number of non-ortho nitro benzene ring substituents is 1. The van der Waals surface area contributed by atoms with Crippen LogP contribution in [0.4, 0.5) is 5.69 Å². The van der Waals surface area contributed by atoms with Gasteiger partial charge < -0.3 is 14.2 Å². The van der Waals surface area contributed by atoms with E-state index in [1.807, 2.05) is 25.1 Å². The van der Waals surface area contributed by atoms with E-state index in [0.29, 0.717) is 11.3 Å². The second-order valence-corrected chi connectivity index (χ2v) is 8.38. The highest BCUT2D eigenvalue weighted by atomic mass is 16.6. The molecule has 3 rings (SSSR count). The minimum atomic E-state index is -0.698. The Labute approximate surface area is 214 Å². The van der Waals surface area contributed by atoms with Crippen LogP contribution in [0.25, 0.3) is 0 Å². The van der Waals surface area contributed by atoms with Crippen LogP contribution in [0.2, 0.25) is 0 Å². The summed E-state index contributed by atoms with van der Waals surface area (Å²) >= 11 is 0. The zero-order valence-electron chi connectivity index (χ0n) is 20.9. The summed E-state index contributed by atoms with van der Waals surface area (Å²) in [5.41, 5.74) is 5.06. The molecule has 1 N–H and O–H groups in total. The number of hydrazone groups is 1. The van der Waals surface area contributed by atoms with E-state index in [1.54, 1.807) is 12.1 Å². The number of ether oxygens (including phenoxy) is 3. The number of hydrogen-bond donors (Lipinski definition) is 1. The average molecular weight is 506 g/mol. The molecule has 0 saturated carbocycles. The van der Waals surface area contributed by atoms with E-state index >= 15 is 0 Å². The fourth-order valence-corrected chi connectivity index (χ4v) is 3.32. The first-order chi connectivity index (χ1) is 17.7. The number of amides is 1. The van der Waals surface area contributed by atoms with Gasteiger partial charge in [-0.05, 0) is 65.9 Å². The molecule has 0 bridgehead atoms. The summed E-state index contributed by atoms with van der Waals surface area (Å²) in [6, 6.07) is 15.7. The highest BCUT2D eigenvalue weighted by Gasteiger charge is 2.15. The fourth-order valence-electron chi connectivity index (χ4n) is 3.32. The molecule has 0 aliphatic heterocycles. The molecule has 192 valence electrons. The Hall–Kier alpha value is -4.73. The highest BCUT2D eigenvalue weighted by Crippen LogP contribution is 2.29. The van der Waals surface area contributed by atoms with Crippen molar-refractivity contribution in [2.75, 3.05) is 13.7 Å². The lowest BCUT2D eigenvalue weighted by molar-refractivity contribution is -0.384. The maximum Gasteiger partial charge on any atom is 0.343 e. The molecule has 0 spiro atoms. The first-order valence-electron chi connectivity index (χ1n) is 11.4. The number of nitro groups is 1. The summed E-state index contributed by atoms with van der Waals surface area (Å²) in [5, 5.41) is 14.7. The molecule has 37 heavy (non-hydrogen) atoms. The minimum absolute atomic E-state index is 0.133. The van der Waals surface area contributed by atoms with Crippen molar-refractivity contribution >= 4 is 23.8 Å². The third-order valence-electron chi connectivity index (χ3n) is 5.26. The minimum Gasteiger partial charge on any atom is -0.493 e. The van der Waals surface area contributed by atoms with Gasteiger partial charge in [-0.2, -0.15) is 5.10 Å². The predicted octanol–water partition coefficient (Wildman–Crippen LogP) is 4.78. The number of carbonyl (C=O) groups is 2. The number of nitro benzene ring substituents is 1. The van der Waals surface area contributed by atoms with Crippen LogP contribution in [0, 0.1) is 17.0 Å². The van der Waals surface area contributed by atoms with E-state index in [4.69, 9.17) is 14.2 Å². The molecule has 0 heterocycles. The zero-order chi connectivity index (χ0) is 26.9. The zero-order valence-corrected chi connectivity index (χ0v) is 20.9. The lowest BCUT2D eigenvalue weighted by Gasteiger charge is -2.14. The molecule has 0 atom stereocenters. The topological polar surface area (TPSA) is 129 Å². The standard InChI is InChI=1S/C27H27N3O7/c1-17(2)22-11-5-18(3)13-24(22)36-16-26(31)29-28-15-19-6-12-23(25(14-19)35-4)37-27(32)20-7-9-21(10-8-20)30(33)34/h5-15,17H,16H2,1-4H3,(H,29,31)/b28-15+. The molecule has 3 aromatic rings. The Morgan fingerprint density at radius 3 is 2.41 bits per heavy atom. The molecule has 0 aromatic heterocycles. The lowest BCUT2D eigenvalue weighted by Crippen LogP contribution is -2.25. The number of esters is 1. The van der Waals surface area contributed by atoms with Crippen LogP contribution in [-0.2, 0) is 4.79 Å². The molecule has 3 aromatic carbocycles. The molecule has 10 nitrogen and oxygen atoms in total. The SMILES string of the molecule is COc1cc(/C=N/NC(=O)COc2cc(C)ccc2C(C)C)ccc1OC(=O)c1ccc([N+](=O)[O-])cc1. The van der Waals surface area contributed by atoms with Crippen molar-refractivity contribution in [3.8, 4) is 17.2 Å². The number of carbonyl (C=O) groups excluding carboxylic acids is 2. The van der Waals surface area contributed by atoms with E-state index in [1.165, 1.54) is 43.7 Å². The van der Waals surface area contributed by atoms with Crippen molar-refractivity contribution in [1.29, 1.82) is 0 Å². The number of benzene rings is 3. The molecular formula is C27H27N3O7. The van der Waals surface area contributed by atoms with Crippen LogP contribution in [0.3, 0.4) is 0 Å². The molecule has 1 amide bonds. The largest absolute Gasteiger partial charge is 0.493 e. The van der Waals surface area contributed by atoms with Gasteiger partial charge in [0.2, 0.25) is 0 Å². The van der Waals surface area contributed by atoms with Crippen LogP contribution in [0.5, 0.6) is 17.2 Å². The maximum absolute atomic E-state index is 12.4. The number of methoxy groups -OCH3 is 1. The molecule has 0 fully saturated rings. The van der Waals surface area contributed by atoms with Crippen LogP contribution in [0.1, 0.15) is 46.8 Å². The molecule has 0 radical (unpaired) electrons. The second-order valence-electron chi connectivity index (χ2n) is 8.38. The van der Waals surface area contributed by atoms with Crippen molar-refractivity contribution in [1.82, 2.24) is 5.43 Å². The van der Waals surface area contributed by atoms with Gasteiger partial charge in [0.05, 0.1) is 23.8 Å². The lowest BCUT2D eigenvalue weighted by atomic mass is 10.0. The molecular weight excluding hydrogens is 478 g/mol. The average Bonchev–Trinajstić information content (AvgIpc) is 2.88. The van der Waals surface area contributed by atoms with Gasteiger partial charge in [-0.1, -0.05) is 26.0 Å². The van der Waals surface area contributed by atoms with E-state index in [0.717, 1.165) is 11.1 Å². The smallest absolute Gasteiger partial charge is 0.343 e. The fraction of sp³-hybridized carbons (Fsp3) is 0.222. The van der Waals surface area contributed by atoms with E-state index < -0.39 is 16.8 Å². The first kappa shape index (κ1) is 26.9. The normalized spacial score (nSPS) is 10.8. The molecule has 10 heteroatoms. The van der Waals surface area contributed by atoms with Crippen LogP contribution < -0.4 is 19.6 Å². The molecule has 0 unspecified atom stereocenters. The molecule has 0 aliphatic rings. The second kappa shape index (κ2) is 12.3. The number of hydrogen-bond acceptors (Lipinski definition) is 8. The Morgan fingerprint density at radius 2 is 1.76 bits per heavy atom. The quantitative estimate of drug-likeness (QED) is 0.138. The van der Waals surface area contributed by atoms with Crippen LogP contribution in [0.15, 0.2) is 65.8 Å². The summed E-state index contributed by atoms with van der Waals surface area (Å²) in [7, 11) is 1.41. The molecule has 0 aliphatic carbocycles. The number of rotatable bonds is 10. The van der Waals surface area contributed by atoms with Crippen LogP contribution in [-0.4, -0.2) is 36.7 Å². The van der Waals surface area contributed by atoms with Gasteiger partial charge in [-0.15, -0.1) is 0 Å². The Morgan fingerprint density at radius 1 is 1.03 bits per heavy atom. The third-order valence-corrected chi connectivity index (χ3v) is 5.26. The first-order valence-corrected chi connectivity index (χ1v) is 11.4. The van der Waals surface area contributed by atoms with Gasteiger partial charge in [0, 0.05) is 12.1 Å². The highest BCUT2D eigenvalue weighted by molar-refractivity contribution is 5.92. The monoisotopic (exact) mass is 505 g/mol. The number of nitrogens with zero attached hydrogens (tertiary/aromatic N) is 2. The van der Waals surface area contributed by atoms with Gasteiger partial charge in [0.15, 0.2) is 18.1 Å². The van der Waals surface area contributed by atoms with E-state index in [-0.39, 0.29) is 35.3 Å². The Bertz CT molecular complexity index is 1320.